The van der Waals surface area contributed by atoms with E-state index in [0.29, 0.717) is 5.56 Å². The van der Waals surface area contributed by atoms with Crippen molar-refractivity contribution in [3.63, 3.8) is 0 Å². The molecule has 18 heavy (non-hydrogen) atoms. The van der Waals surface area contributed by atoms with E-state index in [1.165, 1.54) is 18.2 Å². The van der Waals surface area contributed by atoms with Gasteiger partial charge in [-0.2, -0.15) is 0 Å². The lowest BCUT2D eigenvalue weighted by molar-refractivity contribution is 0.0129. The molecule has 0 radical (unpaired) electrons. The third-order valence-electron chi connectivity index (χ3n) is 2.26. The van der Waals surface area contributed by atoms with Crippen molar-refractivity contribution >= 4 is 5.97 Å². The Bertz CT molecular complexity index is 411. The smallest absolute Gasteiger partial charge is 0.338 e. The van der Waals surface area contributed by atoms with Crippen LogP contribution in [0.2, 0.25) is 0 Å². The predicted molar refractivity (Wildman–Crippen MR) is 68.1 cm³/mol. The van der Waals surface area contributed by atoms with E-state index < -0.39 is 18.2 Å². The molecule has 0 unspecified atom stereocenters. The number of ether oxygens (including phenoxy) is 1. The third-order valence-corrected chi connectivity index (χ3v) is 2.26. The molecule has 2 atom stereocenters. The quantitative estimate of drug-likeness (QED) is 0.588. The van der Waals surface area contributed by atoms with E-state index in [1.54, 1.807) is 30.3 Å². The average molecular weight is 248 g/mol. The number of benzene rings is 1. The molecule has 0 aliphatic carbocycles. The van der Waals surface area contributed by atoms with Crippen molar-refractivity contribution in [3.05, 3.63) is 60.7 Å². The number of esters is 1. The highest BCUT2D eigenvalue weighted by atomic mass is 16.6. The zero-order chi connectivity index (χ0) is 13.4. The lowest BCUT2D eigenvalue weighted by Gasteiger charge is -2.17. The predicted octanol–water partition coefficient (Wildman–Crippen LogP) is 1.31. The lowest BCUT2D eigenvalue weighted by Crippen LogP contribution is -2.28. The van der Waals surface area contributed by atoms with Crippen molar-refractivity contribution in [1.29, 1.82) is 0 Å². The van der Waals surface area contributed by atoms with Gasteiger partial charge in [-0.15, -0.1) is 0 Å². The van der Waals surface area contributed by atoms with Crippen LogP contribution < -0.4 is 0 Å². The maximum Gasteiger partial charge on any atom is 0.338 e. The molecule has 0 bridgehead atoms. The molecule has 0 aliphatic rings. The Morgan fingerprint density at radius 3 is 2.61 bits per heavy atom. The van der Waals surface area contributed by atoms with E-state index in [9.17, 15) is 9.90 Å². The van der Waals surface area contributed by atoms with Crippen LogP contribution >= 0.6 is 0 Å². The molecule has 0 spiro atoms. The van der Waals surface area contributed by atoms with E-state index in [-0.39, 0.29) is 6.61 Å². The molecule has 0 aromatic heterocycles. The van der Waals surface area contributed by atoms with Crippen molar-refractivity contribution in [2.24, 2.45) is 0 Å². The SMILES string of the molecule is C=C[C@H](OC(=O)c1ccccc1)[C@H](O)/C=C\CO. The largest absolute Gasteiger partial charge is 0.451 e. The Hall–Kier alpha value is -1.91. The first-order valence-corrected chi connectivity index (χ1v) is 5.53. The average Bonchev–Trinajstić information content (AvgIpc) is 2.42. The zero-order valence-electron chi connectivity index (χ0n) is 9.90. The van der Waals surface area contributed by atoms with Gasteiger partial charge in [-0.05, 0) is 18.2 Å². The van der Waals surface area contributed by atoms with Gasteiger partial charge < -0.3 is 14.9 Å². The molecule has 0 heterocycles. The van der Waals surface area contributed by atoms with Gasteiger partial charge in [0.15, 0.2) is 0 Å². The van der Waals surface area contributed by atoms with E-state index in [1.807, 2.05) is 0 Å². The van der Waals surface area contributed by atoms with Gasteiger partial charge in [0.25, 0.3) is 0 Å². The van der Waals surface area contributed by atoms with E-state index in [4.69, 9.17) is 9.84 Å². The first kappa shape index (κ1) is 14.2. The number of hydrogen-bond donors (Lipinski definition) is 2. The minimum absolute atomic E-state index is 0.187. The van der Waals surface area contributed by atoms with Crippen LogP contribution in [-0.2, 0) is 4.74 Å². The summed E-state index contributed by atoms with van der Waals surface area (Å²) in [5.74, 6) is -0.531. The van der Waals surface area contributed by atoms with Gasteiger partial charge in [-0.1, -0.05) is 36.9 Å². The summed E-state index contributed by atoms with van der Waals surface area (Å²) in [5, 5.41) is 18.3. The molecule has 96 valence electrons. The van der Waals surface area contributed by atoms with Gasteiger partial charge in [-0.25, -0.2) is 4.79 Å². The van der Waals surface area contributed by atoms with Crippen LogP contribution in [0.5, 0.6) is 0 Å². The maximum atomic E-state index is 11.7. The molecule has 1 rings (SSSR count). The Morgan fingerprint density at radius 2 is 2.06 bits per heavy atom. The monoisotopic (exact) mass is 248 g/mol. The van der Waals surface area contributed by atoms with Crippen LogP contribution in [0.4, 0.5) is 0 Å². The Kier molecular flexibility index (Phi) is 5.84. The van der Waals surface area contributed by atoms with Gasteiger partial charge in [0.05, 0.1) is 12.2 Å². The molecular weight excluding hydrogens is 232 g/mol. The minimum atomic E-state index is -1.03. The highest BCUT2D eigenvalue weighted by Crippen LogP contribution is 2.08. The second kappa shape index (κ2) is 7.42. The third kappa shape index (κ3) is 4.16. The molecule has 4 heteroatoms. The topological polar surface area (TPSA) is 66.8 Å². The summed E-state index contributed by atoms with van der Waals surface area (Å²) >= 11 is 0. The molecule has 0 amide bonds. The Labute approximate surface area is 106 Å². The summed E-state index contributed by atoms with van der Waals surface area (Å²) in [4.78, 5) is 11.7. The van der Waals surface area contributed by atoms with Gasteiger partial charge in [0.2, 0.25) is 0 Å². The summed E-state index contributed by atoms with van der Waals surface area (Å²) in [7, 11) is 0. The normalized spacial score (nSPS) is 14.1. The van der Waals surface area contributed by atoms with Crippen LogP contribution in [0.25, 0.3) is 0 Å². The molecule has 2 N–H and O–H groups in total. The molecule has 0 saturated carbocycles. The van der Waals surface area contributed by atoms with Gasteiger partial charge in [-0.3, -0.25) is 0 Å². The number of carbonyl (C=O) groups is 1. The highest BCUT2D eigenvalue weighted by Gasteiger charge is 2.18. The van der Waals surface area contributed by atoms with E-state index in [2.05, 4.69) is 6.58 Å². The molecule has 1 aromatic carbocycles. The van der Waals surface area contributed by atoms with E-state index >= 15 is 0 Å². The number of carbonyl (C=O) groups excluding carboxylic acids is 1. The van der Waals surface area contributed by atoms with Crippen molar-refractivity contribution in [2.45, 2.75) is 12.2 Å². The van der Waals surface area contributed by atoms with Crippen LogP contribution in [0.1, 0.15) is 10.4 Å². The number of aliphatic hydroxyl groups is 2. The zero-order valence-corrected chi connectivity index (χ0v) is 9.90. The summed E-state index contributed by atoms with van der Waals surface area (Å²) < 4.78 is 5.10. The van der Waals surface area contributed by atoms with Crippen LogP contribution in [0, 0.1) is 0 Å². The van der Waals surface area contributed by atoms with Crippen LogP contribution in [-0.4, -0.2) is 35.0 Å². The summed E-state index contributed by atoms with van der Waals surface area (Å²) in [6.07, 6.45) is 2.19. The first-order chi connectivity index (χ1) is 8.69. The molecule has 0 fully saturated rings. The standard InChI is InChI=1S/C14H16O4/c1-2-13(12(16)9-6-10-15)18-14(17)11-7-4-3-5-8-11/h2-9,12-13,15-16H,1,10H2/b9-6-/t12-,13+/m1/s1. The molecule has 0 saturated heterocycles. The fraction of sp³-hybridized carbons (Fsp3) is 0.214. The number of rotatable bonds is 6. The molecule has 1 aromatic rings. The fourth-order valence-electron chi connectivity index (χ4n) is 1.33. The van der Waals surface area contributed by atoms with Crippen molar-refractivity contribution < 1.29 is 19.7 Å². The number of hydrogen-bond acceptors (Lipinski definition) is 4. The van der Waals surface area contributed by atoms with Crippen molar-refractivity contribution in [2.75, 3.05) is 6.61 Å². The van der Waals surface area contributed by atoms with Gasteiger partial charge >= 0.3 is 5.97 Å². The second-order valence-corrected chi connectivity index (χ2v) is 3.57. The van der Waals surface area contributed by atoms with Crippen LogP contribution in [0.15, 0.2) is 55.1 Å². The second-order valence-electron chi connectivity index (χ2n) is 3.57. The van der Waals surface area contributed by atoms with Crippen LogP contribution in [0.3, 0.4) is 0 Å². The van der Waals surface area contributed by atoms with Crippen molar-refractivity contribution in [3.8, 4) is 0 Å². The highest BCUT2D eigenvalue weighted by molar-refractivity contribution is 5.89. The first-order valence-electron chi connectivity index (χ1n) is 5.53. The maximum absolute atomic E-state index is 11.7. The Morgan fingerprint density at radius 1 is 1.39 bits per heavy atom. The van der Waals surface area contributed by atoms with Crippen molar-refractivity contribution in [1.82, 2.24) is 0 Å². The van der Waals surface area contributed by atoms with E-state index in [0.717, 1.165) is 0 Å². The van der Waals surface area contributed by atoms with Gasteiger partial charge in [0.1, 0.15) is 12.2 Å². The number of aliphatic hydroxyl groups excluding tert-OH is 2. The summed E-state index contributed by atoms with van der Waals surface area (Å²) in [6.45, 7) is 3.32. The summed E-state index contributed by atoms with van der Waals surface area (Å²) in [6, 6.07) is 8.49. The Balaban J connectivity index is 2.66. The molecule has 4 nitrogen and oxygen atoms in total. The minimum Gasteiger partial charge on any atom is -0.451 e. The molecule has 0 aliphatic heterocycles. The summed E-state index contributed by atoms with van der Waals surface area (Å²) in [5.41, 5.74) is 0.405. The van der Waals surface area contributed by atoms with Gasteiger partial charge in [0, 0.05) is 0 Å². The lowest BCUT2D eigenvalue weighted by atomic mass is 10.1. The fourth-order valence-corrected chi connectivity index (χ4v) is 1.33. The molecular formula is C14H16O4.